The van der Waals surface area contributed by atoms with Crippen LogP contribution < -0.4 is 4.90 Å². The van der Waals surface area contributed by atoms with E-state index in [1.165, 1.54) is 11.8 Å². The molecule has 0 saturated carbocycles. The number of carboxylic acid groups (broad SMARTS) is 1. The molecular weight excluding hydrogens is 270 g/mol. The molecule has 0 aliphatic rings. The fourth-order valence-corrected chi connectivity index (χ4v) is 2.54. The van der Waals surface area contributed by atoms with Crippen molar-refractivity contribution in [3.8, 4) is 0 Å². The Kier molecular flexibility index (Phi) is 6.65. The zero-order valence-corrected chi connectivity index (χ0v) is 13.4. The van der Waals surface area contributed by atoms with Crippen LogP contribution in [-0.2, 0) is 4.79 Å². The van der Waals surface area contributed by atoms with E-state index >= 15 is 0 Å². The molecule has 1 atom stereocenters. The predicted octanol–water partition coefficient (Wildman–Crippen LogP) is 3.67. The highest BCUT2D eigenvalue weighted by molar-refractivity contribution is 7.98. The van der Waals surface area contributed by atoms with Crippen molar-refractivity contribution in [3.63, 3.8) is 0 Å². The van der Waals surface area contributed by atoms with Gasteiger partial charge in [0.05, 0.1) is 0 Å². The van der Waals surface area contributed by atoms with Crippen LogP contribution in [0.25, 0.3) is 6.08 Å². The van der Waals surface area contributed by atoms with E-state index in [-0.39, 0.29) is 0 Å². The molecule has 0 fully saturated rings. The van der Waals surface area contributed by atoms with Crippen LogP contribution >= 0.6 is 11.8 Å². The number of aliphatic carboxylic acids is 1. The van der Waals surface area contributed by atoms with Crippen molar-refractivity contribution in [1.29, 1.82) is 0 Å². The SMILES string of the molecule is CSCCC(C)N(C)c1ccc(/C=C/C(=O)O)c(C)c1. The van der Waals surface area contributed by atoms with Gasteiger partial charge in [0.15, 0.2) is 0 Å². The van der Waals surface area contributed by atoms with Crippen molar-refractivity contribution in [3.05, 3.63) is 35.4 Å². The largest absolute Gasteiger partial charge is 0.478 e. The van der Waals surface area contributed by atoms with Crippen LogP contribution in [0.3, 0.4) is 0 Å². The molecule has 20 heavy (non-hydrogen) atoms. The third-order valence-corrected chi connectivity index (χ3v) is 4.11. The molecule has 1 rings (SSSR count). The fourth-order valence-electron chi connectivity index (χ4n) is 1.96. The second-order valence-corrected chi connectivity index (χ2v) is 5.94. The van der Waals surface area contributed by atoms with Crippen molar-refractivity contribution in [1.82, 2.24) is 0 Å². The second kappa shape index (κ2) is 8.00. The summed E-state index contributed by atoms with van der Waals surface area (Å²) in [4.78, 5) is 12.8. The van der Waals surface area contributed by atoms with Crippen molar-refractivity contribution in [2.75, 3.05) is 24.0 Å². The Morgan fingerprint density at radius 3 is 2.75 bits per heavy atom. The molecule has 0 aliphatic heterocycles. The molecule has 1 unspecified atom stereocenters. The van der Waals surface area contributed by atoms with Gasteiger partial charge in [0.25, 0.3) is 0 Å². The van der Waals surface area contributed by atoms with E-state index in [4.69, 9.17) is 5.11 Å². The van der Waals surface area contributed by atoms with Crippen molar-refractivity contribution in [2.45, 2.75) is 26.3 Å². The van der Waals surface area contributed by atoms with Gasteiger partial charge in [-0.1, -0.05) is 6.07 Å². The van der Waals surface area contributed by atoms with Gasteiger partial charge in [0, 0.05) is 24.9 Å². The number of carbonyl (C=O) groups is 1. The maximum Gasteiger partial charge on any atom is 0.328 e. The summed E-state index contributed by atoms with van der Waals surface area (Å²) >= 11 is 1.87. The van der Waals surface area contributed by atoms with E-state index < -0.39 is 5.97 Å². The summed E-state index contributed by atoms with van der Waals surface area (Å²) in [6.45, 7) is 4.23. The number of nitrogens with zero attached hydrogens (tertiary/aromatic N) is 1. The number of hydrogen-bond acceptors (Lipinski definition) is 3. The van der Waals surface area contributed by atoms with E-state index in [1.807, 2.05) is 30.8 Å². The summed E-state index contributed by atoms with van der Waals surface area (Å²) in [5, 5.41) is 8.67. The Morgan fingerprint density at radius 2 is 2.20 bits per heavy atom. The van der Waals surface area contributed by atoms with Crippen LogP contribution in [0, 0.1) is 6.92 Å². The summed E-state index contributed by atoms with van der Waals surface area (Å²) in [7, 11) is 2.10. The molecule has 1 N–H and O–H groups in total. The maximum atomic E-state index is 10.6. The van der Waals surface area contributed by atoms with Crippen LogP contribution in [0.15, 0.2) is 24.3 Å². The number of carboxylic acids is 1. The van der Waals surface area contributed by atoms with E-state index in [0.717, 1.165) is 23.3 Å². The summed E-state index contributed by atoms with van der Waals surface area (Å²) in [6.07, 6.45) is 6.09. The minimum Gasteiger partial charge on any atom is -0.478 e. The average molecular weight is 293 g/mol. The molecule has 0 heterocycles. The van der Waals surface area contributed by atoms with Crippen LogP contribution in [0.2, 0.25) is 0 Å². The van der Waals surface area contributed by atoms with Crippen LogP contribution in [0.1, 0.15) is 24.5 Å². The number of thioether (sulfide) groups is 1. The minimum atomic E-state index is -0.920. The first-order chi connectivity index (χ1) is 9.45. The van der Waals surface area contributed by atoms with Gasteiger partial charge in [-0.25, -0.2) is 4.79 Å². The van der Waals surface area contributed by atoms with Gasteiger partial charge in [-0.05, 0) is 61.6 Å². The maximum absolute atomic E-state index is 10.6. The van der Waals surface area contributed by atoms with Gasteiger partial charge in [-0.15, -0.1) is 0 Å². The molecule has 0 aromatic heterocycles. The van der Waals surface area contributed by atoms with E-state index in [2.05, 4.69) is 31.2 Å². The molecule has 1 aromatic carbocycles. The standard InChI is InChI=1S/C16H23NO2S/c1-12-11-15(17(3)13(2)9-10-20-4)7-5-14(12)6-8-16(18)19/h5-8,11,13H,9-10H2,1-4H3,(H,18,19)/b8-6+. The molecule has 0 amide bonds. The Labute approximate surface area is 125 Å². The van der Waals surface area contributed by atoms with E-state index in [1.54, 1.807) is 6.08 Å². The summed E-state index contributed by atoms with van der Waals surface area (Å²) < 4.78 is 0. The quantitative estimate of drug-likeness (QED) is 0.779. The Bertz CT molecular complexity index is 485. The molecule has 4 heteroatoms. The molecule has 3 nitrogen and oxygen atoms in total. The van der Waals surface area contributed by atoms with Crippen LogP contribution in [-0.4, -0.2) is 36.2 Å². The molecule has 0 saturated heterocycles. The van der Waals surface area contributed by atoms with Crippen molar-refractivity contribution in [2.24, 2.45) is 0 Å². The molecule has 0 radical (unpaired) electrons. The third-order valence-electron chi connectivity index (χ3n) is 3.47. The zero-order valence-electron chi connectivity index (χ0n) is 12.6. The van der Waals surface area contributed by atoms with Gasteiger partial charge in [-0.2, -0.15) is 11.8 Å². The zero-order chi connectivity index (χ0) is 15.1. The molecule has 110 valence electrons. The molecule has 0 spiro atoms. The number of benzene rings is 1. The van der Waals surface area contributed by atoms with E-state index in [0.29, 0.717) is 6.04 Å². The summed E-state index contributed by atoms with van der Waals surface area (Å²) in [6, 6.07) is 6.62. The lowest BCUT2D eigenvalue weighted by molar-refractivity contribution is -0.131. The highest BCUT2D eigenvalue weighted by Crippen LogP contribution is 2.22. The fraction of sp³-hybridized carbons (Fsp3) is 0.438. The van der Waals surface area contributed by atoms with Crippen LogP contribution in [0.5, 0.6) is 0 Å². The average Bonchev–Trinajstić information content (AvgIpc) is 2.42. The Balaban J connectivity index is 2.83. The normalized spacial score (nSPS) is 12.6. The monoisotopic (exact) mass is 293 g/mol. The lowest BCUT2D eigenvalue weighted by Gasteiger charge is -2.27. The van der Waals surface area contributed by atoms with Gasteiger partial charge in [0.2, 0.25) is 0 Å². The van der Waals surface area contributed by atoms with Crippen molar-refractivity contribution < 1.29 is 9.90 Å². The predicted molar refractivity (Wildman–Crippen MR) is 88.7 cm³/mol. The van der Waals surface area contributed by atoms with Crippen molar-refractivity contribution >= 4 is 29.5 Å². The molecule has 1 aromatic rings. The van der Waals surface area contributed by atoms with Crippen LogP contribution in [0.4, 0.5) is 5.69 Å². The molecule has 0 aliphatic carbocycles. The van der Waals surface area contributed by atoms with Gasteiger partial charge in [0.1, 0.15) is 0 Å². The highest BCUT2D eigenvalue weighted by atomic mass is 32.2. The number of anilines is 1. The highest BCUT2D eigenvalue weighted by Gasteiger charge is 2.10. The third kappa shape index (κ3) is 4.93. The van der Waals surface area contributed by atoms with Gasteiger partial charge >= 0.3 is 5.97 Å². The number of aryl methyl sites for hydroxylation is 1. The van der Waals surface area contributed by atoms with Gasteiger partial charge in [-0.3, -0.25) is 0 Å². The molecule has 0 bridgehead atoms. The molecular formula is C16H23NO2S. The summed E-state index contributed by atoms with van der Waals surface area (Å²) in [5.41, 5.74) is 3.20. The number of rotatable bonds is 7. The lowest BCUT2D eigenvalue weighted by Crippen LogP contribution is -2.29. The van der Waals surface area contributed by atoms with E-state index in [9.17, 15) is 4.79 Å². The first-order valence-corrected chi connectivity index (χ1v) is 8.08. The van der Waals surface area contributed by atoms with Gasteiger partial charge < -0.3 is 10.0 Å². The Hall–Kier alpha value is -1.42. The topological polar surface area (TPSA) is 40.5 Å². The first kappa shape index (κ1) is 16.6. The summed E-state index contributed by atoms with van der Waals surface area (Å²) in [5.74, 6) is 0.237. The smallest absolute Gasteiger partial charge is 0.328 e. The first-order valence-electron chi connectivity index (χ1n) is 6.69. The number of hydrogen-bond donors (Lipinski definition) is 1. The second-order valence-electron chi connectivity index (χ2n) is 4.95. The Morgan fingerprint density at radius 1 is 1.50 bits per heavy atom. The lowest BCUT2D eigenvalue weighted by atomic mass is 10.1. The minimum absolute atomic E-state index is 0.488.